The van der Waals surface area contributed by atoms with E-state index in [1.807, 2.05) is 0 Å². The summed E-state index contributed by atoms with van der Waals surface area (Å²) in [5.41, 5.74) is 0.582. The molecule has 118 valence electrons. The lowest BCUT2D eigenvalue weighted by Gasteiger charge is -2.18. The molecule has 5 nitrogen and oxygen atoms in total. The molecular formula is C14H14F3N3O2. The van der Waals surface area contributed by atoms with E-state index in [1.165, 1.54) is 24.3 Å². The van der Waals surface area contributed by atoms with Crippen LogP contribution >= 0.6 is 0 Å². The second-order valence-electron chi connectivity index (χ2n) is 5.05. The van der Waals surface area contributed by atoms with Crippen LogP contribution < -0.4 is 10.1 Å². The first-order valence-electron chi connectivity index (χ1n) is 6.92. The van der Waals surface area contributed by atoms with Gasteiger partial charge in [-0.25, -0.2) is 0 Å². The SMILES string of the molecule is FC(F)(F)Oc1ccc(-c2noc(C3CCNCC3)n2)cc1. The number of alkyl halides is 3. The first-order valence-corrected chi connectivity index (χ1v) is 6.92. The Hall–Kier alpha value is -2.09. The van der Waals surface area contributed by atoms with Gasteiger partial charge in [0.05, 0.1) is 0 Å². The van der Waals surface area contributed by atoms with Crippen LogP contribution in [0.4, 0.5) is 13.2 Å². The molecule has 1 aliphatic heterocycles. The number of ether oxygens (including phenoxy) is 1. The largest absolute Gasteiger partial charge is 0.573 e. The summed E-state index contributed by atoms with van der Waals surface area (Å²) in [5.74, 6) is 0.896. The fraction of sp³-hybridized carbons (Fsp3) is 0.429. The van der Waals surface area contributed by atoms with E-state index in [0.29, 0.717) is 17.3 Å². The maximum absolute atomic E-state index is 12.1. The molecule has 1 aromatic carbocycles. The highest BCUT2D eigenvalue weighted by atomic mass is 19.4. The van der Waals surface area contributed by atoms with Gasteiger partial charge in [0.15, 0.2) is 0 Å². The molecule has 0 amide bonds. The van der Waals surface area contributed by atoms with Crippen LogP contribution in [0.5, 0.6) is 5.75 Å². The number of nitrogens with one attached hydrogen (secondary N) is 1. The standard InChI is InChI=1S/C14H14F3N3O2/c15-14(16,17)21-11-3-1-9(2-4-11)12-19-13(22-20-12)10-5-7-18-8-6-10/h1-4,10,18H,5-8H2. The van der Waals surface area contributed by atoms with Gasteiger partial charge in [-0.2, -0.15) is 4.98 Å². The third-order valence-corrected chi connectivity index (χ3v) is 3.48. The van der Waals surface area contributed by atoms with Gasteiger partial charge in [-0.1, -0.05) is 5.16 Å². The van der Waals surface area contributed by atoms with Crippen molar-refractivity contribution in [1.29, 1.82) is 0 Å². The average molecular weight is 313 g/mol. The number of hydrogen-bond donors (Lipinski definition) is 1. The van der Waals surface area contributed by atoms with Gasteiger partial charge in [-0.05, 0) is 50.2 Å². The van der Waals surface area contributed by atoms with Crippen LogP contribution in [0, 0.1) is 0 Å². The lowest BCUT2D eigenvalue weighted by molar-refractivity contribution is -0.274. The number of hydrogen-bond acceptors (Lipinski definition) is 5. The molecule has 0 unspecified atom stereocenters. The van der Waals surface area contributed by atoms with Crippen LogP contribution in [-0.4, -0.2) is 29.6 Å². The lowest BCUT2D eigenvalue weighted by Crippen LogP contribution is -2.26. The Morgan fingerprint density at radius 2 is 1.82 bits per heavy atom. The molecule has 1 fully saturated rings. The molecule has 8 heteroatoms. The van der Waals surface area contributed by atoms with Gasteiger partial charge in [-0.3, -0.25) is 0 Å². The maximum Gasteiger partial charge on any atom is 0.573 e. The zero-order chi connectivity index (χ0) is 15.6. The van der Waals surface area contributed by atoms with Crippen LogP contribution in [0.25, 0.3) is 11.4 Å². The molecular weight excluding hydrogens is 299 g/mol. The number of halogens is 3. The van der Waals surface area contributed by atoms with E-state index in [-0.39, 0.29) is 11.7 Å². The number of nitrogens with zero attached hydrogens (tertiary/aromatic N) is 2. The predicted molar refractivity (Wildman–Crippen MR) is 71.3 cm³/mol. The molecule has 22 heavy (non-hydrogen) atoms. The van der Waals surface area contributed by atoms with Crippen LogP contribution in [0.2, 0.25) is 0 Å². The van der Waals surface area contributed by atoms with E-state index in [4.69, 9.17) is 4.52 Å². The molecule has 0 saturated carbocycles. The molecule has 0 spiro atoms. The number of aromatic nitrogens is 2. The summed E-state index contributed by atoms with van der Waals surface area (Å²) in [4.78, 5) is 4.34. The summed E-state index contributed by atoms with van der Waals surface area (Å²) in [6.07, 6.45) is -2.84. The summed E-state index contributed by atoms with van der Waals surface area (Å²) in [7, 11) is 0. The van der Waals surface area contributed by atoms with Crippen LogP contribution in [0.1, 0.15) is 24.7 Å². The first-order chi connectivity index (χ1) is 10.5. The Morgan fingerprint density at radius 1 is 1.14 bits per heavy atom. The summed E-state index contributed by atoms with van der Waals surface area (Å²) in [5, 5.41) is 7.15. The number of rotatable bonds is 3. The second kappa shape index (κ2) is 5.96. The van der Waals surface area contributed by atoms with Crippen molar-refractivity contribution >= 4 is 0 Å². The summed E-state index contributed by atoms with van der Waals surface area (Å²) in [6.45, 7) is 1.82. The van der Waals surface area contributed by atoms with E-state index in [0.717, 1.165) is 25.9 Å². The predicted octanol–water partition coefficient (Wildman–Crippen LogP) is 3.10. The quantitative estimate of drug-likeness (QED) is 0.943. The Bertz CT molecular complexity index is 619. The van der Waals surface area contributed by atoms with E-state index < -0.39 is 6.36 Å². The molecule has 1 aromatic heterocycles. The maximum atomic E-state index is 12.1. The van der Waals surface area contributed by atoms with Crippen molar-refractivity contribution in [1.82, 2.24) is 15.5 Å². The zero-order valence-corrected chi connectivity index (χ0v) is 11.6. The third kappa shape index (κ3) is 3.56. The third-order valence-electron chi connectivity index (χ3n) is 3.48. The molecule has 2 heterocycles. The normalized spacial score (nSPS) is 16.7. The average Bonchev–Trinajstić information content (AvgIpc) is 2.97. The molecule has 0 atom stereocenters. The molecule has 1 aliphatic rings. The van der Waals surface area contributed by atoms with E-state index in [9.17, 15) is 13.2 Å². The second-order valence-corrected chi connectivity index (χ2v) is 5.05. The zero-order valence-electron chi connectivity index (χ0n) is 11.6. The monoisotopic (exact) mass is 313 g/mol. The van der Waals surface area contributed by atoms with Gasteiger partial charge in [0.25, 0.3) is 0 Å². The Morgan fingerprint density at radius 3 is 2.45 bits per heavy atom. The van der Waals surface area contributed by atoms with Gasteiger partial charge in [0.2, 0.25) is 11.7 Å². The Labute approximate surface area is 124 Å². The van der Waals surface area contributed by atoms with Crippen molar-refractivity contribution < 1.29 is 22.4 Å². The van der Waals surface area contributed by atoms with E-state index in [2.05, 4.69) is 20.2 Å². The van der Waals surface area contributed by atoms with Crippen LogP contribution in [0.15, 0.2) is 28.8 Å². The van der Waals surface area contributed by atoms with Crippen molar-refractivity contribution in [2.24, 2.45) is 0 Å². The van der Waals surface area contributed by atoms with Crippen molar-refractivity contribution in [3.8, 4) is 17.1 Å². The van der Waals surface area contributed by atoms with Crippen molar-refractivity contribution in [2.75, 3.05) is 13.1 Å². The van der Waals surface area contributed by atoms with Gasteiger partial charge >= 0.3 is 6.36 Å². The van der Waals surface area contributed by atoms with E-state index >= 15 is 0 Å². The molecule has 0 bridgehead atoms. The van der Waals surface area contributed by atoms with Crippen LogP contribution in [-0.2, 0) is 0 Å². The Kier molecular flexibility index (Phi) is 4.02. The molecule has 3 rings (SSSR count). The van der Waals surface area contributed by atoms with Gasteiger partial charge in [0.1, 0.15) is 5.75 Å². The smallest absolute Gasteiger partial charge is 0.406 e. The fourth-order valence-corrected chi connectivity index (χ4v) is 2.39. The molecule has 1 N–H and O–H groups in total. The van der Waals surface area contributed by atoms with E-state index in [1.54, 1.807) is 0 Å². The van der Waals surface area contributed by atoms with Crippen molar-refractivity contribution in [3.63, 3.8) is 0 Å². The topological polar surface area (TPSA) is 60.2 Å². The summed E-state index contributed by atoms with van der Waals surface area (Å²) in [6, 6.07) is 5.39. The van der Waals surface area contributed by atoms with Gasteiger partial charge < -0.3 is 14.6 Å². The minimum absolute atomic E-state index is 0.232. The molecule has 1 saturated heterocycles. The lowest BCUT2D eigenvalue weighted by atomic mass is 9.98. The Balaban J connectivity index is 1.73. The minimum Gasteiger partial charge on any atom is -0.406 e. The molecule has 0 radical (unpaired) electrons. The first kappa shape index (κ1) is 14.8. The highest BCUT2D eigenvalue weighted by molar-refractivity contribution is 5.55. The van der Waals surface area contributed by atoms with Crippen molar-refractivity contribution in [2.45, 2.75) is 25.1 Å². The summed E-state index contributed by atoms with van der Waals surface area (Å²) < 4.78 is 45.4. The number of piperidine rings is 1. The highest BCUT2D eigenvalue weighted by Crippen LogP contribution is 2.28. The van der Waals surface area contributed by atoms with Crippen molar-refractivity contribution in [3.05, 3.63) is 30.2 Å². The highest BCUT2D eigenvalue weighted by Gasteiger charge is 2.31. The molecule has 0 aliphatic carbocycles. The fourth-order valence-electron chi connectivity index (χ4n) is 2.39. The summed E-state index contributed by atoms with van der Waals surface area (Å²) >= 11 is 0. The van der Waals surface area contributed by atoms with Gasteiger partial charge in [-0.15, -0.1) is 13.2 Å². The number of benzene rings is 1. The molecule has 2 aromatic rings. The van der Waals surface area contributed by atoms with Crippen LogP contribution in [0.3, 0.4) is 0 Å². The minimum atomic E-state index is -4.70. The van der Waals surface area contributed by atoms with Gasteiger partial charge in [0, 0.05) is 11.5 Å².